The van der Waals surface area contributed by atoms with Crippen molar-refractivity contribution in [2.75, 3.05) is 6.54 Å². The monoisotopic (exact) mass is 497 g/mol. The summed E-state index contributed by atoms with van der Waals surface area (Å²) in [5, 5.41) is 10.6. The smallest absolute Gasteiger partial charge is 0.323 e. The number of amides is 1. The van der Waals surface area contributed by atoms with Crippen molar-refractivity contribution in [3.8, 4) is 5.75 Å². The highest BCUT2D eigenvalue weighted by Gasteiger charge is 2.32. The van der Waals surface area contributed by atoms with E-state index in [2.05, 4.69) is 6.92 Å². The van der Waals surface area contributed by atoms with Crippen LogP contribution in [-0.4, -0.2) is 34.0 Å². The van der Waals surface area contributed by atoms with Gasteiger partial charge in [-0.25, -0.2) is 0 Å². The van der Waals surface area contributed by atoms with Crippen LogP contribution in [0.5, 0.6) is 5.75 Å². The molecule has 0 radical (unpaired) electrons. The SMILES string of the molecule is C[C@]1(Cc2cccc(Cl)c2)CCc2cc(C(=O)N(CC(=O)O)Cc3cccc(Cl)c3)ccc2O1. The highest BCUT2D eigenvalue weighted by Crippen LogP contribution is 2.36. The molecule has 1 N–H and O–H groups in total. The lowest BCUT2D eigenvalue weighted by molar-refractivity contribution is -0.137. The summed E-state index contributed by atoms with van der Waals surface area (Å²) in [4.78, 5) is 26.0. The molecule has 5 nitrogen and oxygen atoms in total. The van der Waals surface area contributed by atoms with Crippen LogP contribution in [-0.2, 0) is 24.2 Å². The fourth-order valence-electron chi connectivity index (χ4n) is 4.33. The predicted molar refractivity (Wildman–Crippen MR) is 133 cm³/mol. The number of aliphatic carboxylic acids is 1. The van der Waals surface area contributed by atoms with Gasteiger partial charge in [-0.15, -0.1) is 0 Å². The van der Waals surface area contributed by atoms with Crippen molar-refractivity contribution in [2.45, 2.75) is 38.3 Å². The summed E-state index contributed by atoms with van der Waals surface area (Å²) in [5.74, 6) is -0.683. The molecular weight excluding hydrogens is 473 g/mol. The first kappa shape index (κ1) is 24.1. The summed E-state index contributed by atoms with van der Waals surface area (Å²) in [5.41, 5.74) is 2.86. The van der Waals surface area contributed by atoms with Crippen molar-refractivity contribution in [2.24, 2.45) is 0 Å². The van der Waals surface area contributed by atoms with Crippen molar-refractivity contribution in [3.63, 3.8) is 0 Å². The third-order valence-electron chi connectivity index (χ3n) is 5.93. The van der Waals surface area contributed by atoms with Crippen LogP contribution >= 0.6 is 23.2 Å². The Labute approximate surface area is 208 Å². The van der Waals surface area contributed by atoms with Crippen LogP contribution in [0.4, 0.5) is 0 Å². The number of carboxylic acids is 1. The van der Waals surface area contributed by atoms with Crippen molar-refractivity contribution < 1.29 is 19.4 Å². The number of aryl methyl sites for hydroxylation is 1. The fraction of sp³-hybridized carbons (Fsp3) is 0.259. The summed E-state index contributed by atoms with van der Waals surface area (Å²) >= 11 is 12.2. The molecule has 0 aromatic heterocycles. The van der Waals surface area contributed by atoms with Gasteiger partial charge in [-0.05, 0) is 78.9 Å². The molecule has 4 rings (SSSR count). The lowest BCUT2D eigenvalue weighted by Crippen LogP contribution is -2.39. The molecule has 0 fully saturated rings. The van der Waals surface area contributed by atoms with Gasteiger partial charge in [-0.1, -0.05) is 47.5 Å². The summed E-state index contributed by atoms with van der Waals surface area (Å²) in [6.45, 7) is 1.82. The Bertz CT molecular complexity index is 1230. The summed E-state index contributed by atoms with van der Waals surface area (Å²) in [6.07, 6.45) is 2.26. The Morgan fingerprint density at radius 1 is 1.00 bits per heavy atom. The van der Waals surface area contributed by atoms with Gasteiger partial charge in [0, 0.05) is 28.6 Å². The number of fused-ring (bicyclic) bond motifs is 1. The topological polar surface area (TPSA) is 66.8 Å². The standard InChI is InChI=1S/C27H25Cl2NO4/c1-27(15-18-4-2-6-22(28)12-18)11-10-20-14-21(8-9-24(20)34-27)26(33)30(17-25(31)32)16-19-5-3-7-23(29)13-19/h2-9,12-14H,10-11,15-17H2,1H3,(H,31,32)/t27-/m1/s1. The van der Waals surface area contributed by atoms with Crippen LogP contribution in [0.15, 0.2) is 66.7 Å². The molecule has 34 heavy (non-hydrogen) atoms. The molecule has 1 aliphatic heterocycles. The number of carbonyl (C=O) groups excluding carboxylic acids is 1. The molecule has 3 aromatic carbocycles. The van der Waals surface area contributed by atoms with Gasteiger partial charge in [0.25, 0.3) is 5.91 Å². The lowest BCUT2D eigenvalue weighted by atomic mass is 9.87. The first-order chi connectivity index (χ1) is 16.2. The van der Waals surface area contributed by atoms with E-state index in [4.69, 9.17) is 27.9 Å². The molecule has 1 amide bonds. The second-order valence-electron chi connectivity index (χ2n) is 8.87. The Kier molecular flexibility index (Phi) is 7.15. The van der Waals surface area contributed by atoms with Gasteiger partial charge in [0.05, 0.1) is 0 Å². The number of rotatable bonds is 7. The van der Waals surface area contributed by atoms with Gasteiger partial charge in [0.1, 0.15) is 17.9 Å². The average Bonchev–Trinajstić information content (AvgIpc) is 2.77. The summed E-state index contributed by atoms with van der Waals surface area (Å²) in [6, 6.07) is 20.1. The van der Waals surface area contributed by atoms with E-state index >= 15 is 0 Å². The van der Waals surface area contributed by atoms with Crippen molar-refractivity contribution in [1.29, 1.82) is 0 Å². The second kappa shape index (κ2) is 10.1. The van der Waals surface area contributed by atoms with Crippen molar-refractivity contribution >= 4 is 35.1 Å². The normalized spacial score (nSPS) is 16.9. The third kappa shape index (κ3) is 5.91. The predicted octanol–water partition coefficient (Wildman–Crippen LogP) is 6.05. The van der Waals surface area contributed by atoms with E-state index < -0.39 is 12.5 Å². The minimum Gasteiger partial charge on any atom is -0.487 e. The Hall–Kier alpha value is -3.02. The zero-order valence-corrected chi connectivity index (χ0v) is 20.3. The van der Waals surface area contributed by atoms with Crippen LogP contribution in [0.3, 0.4) is 0 Å². The van der Waals surface area contributed by atoms with Crippen LogP contribution in [0.2, 0.25) is 10.0 Å². The van der Waals surface area contributed by atoms with Crippen molar-refractivity contribution in [1.82, 2.24) is 4.90 Å². The Morgan fingerprint density at radius 3 is 2.35 bits per heavy atom. The summed E-state index contributed by atoms with van der Waals surface area (Å²) < 4.78 is 6.36. The van der Waals surface area contributed by atoms with E-state index in [0.717, 1.165) is 41.7 Å². The molecule has 176 valence electrons. The van der Waals surface area contributed by atoms with E-state index in [-0.39, 0.29) is 18.1 Å². The van der Waals surface area contributed by atoms with E-state index in [0.29, 0.717) is 15.6 Å². The maximum absolute atomic E-state index is 13.2. The molecule has 0 saturated heterocycles. The fourth-order valence-corrected chi connectivity index (χ4v) is 4.75. The molecule has 0 saturated carbocycles. The summed E-state index contributed by atoms with van der Waals surface area (Å²) in [7, 11) is 0. The van der Waals surface area contributed by atoms with Gasteiger partial charge in [0.15, 0.2) is 0 Å². The molecule has 1 atom stereocenters. The van der Waals surface area contributed by atoms with Crippen LogP contribution in [0.25, 0.3) is 0 Å². The minimum absolute atomic E-state index is 0.150. The number of nitrogens with zero attached hydrogens (tertiary/aromatic N) is 1. The molecule has 1 heterocycles. The number of hydrogen-bond donors (Lipinski definition) is 1. The van der Waals surface area contributed by atoms with Crippen molar-refractivity contribution in [3.05, 3.63) is 99.0 Å². The number of carbonyl (C=O) groups is 2. The van der Waals surface area contributed by atoms with Gasteiger partial charge in [-0.2, -0.15) is 0 Å². The number of halogens is 2. The molecule has 0 aliphatic carbocycles. The second-order valence-corrected chi connectivity index (χ2v) is 9.74. The third-order valence-corrected chi connectivity index (χ3v) is 6.40. The highest BCUT2D eigenvalue weighted by molar-refractivity contribution is 6.30. The van der Waals surface area contributed by atoms with E-state index in [9.17, 15) is 14.7 Å². The first-order valence-corrected chi connectivity index (χ1v) is 11.8. The average molecular weight is 498 g/mol. The molecule has 0 unspecified atom stereocenters. The number of hydrogen-bond acceptors (Lipinski definition) is 3. The minimum atomic E-state index is -1.08. The maximum atomic E-state index is 13.2. The van der Waals surface area contributed by atoms with E-state index in [1.807, 2.05) is 36.4 Å². The molecule has 0 spiro atoms. The molecule has 7 heteroatoms. The number of carboxylic acid groups (broad SMARTS) is 1. The lowest BCUT2D eigenvalue weighted by Gasteiger charge is -2.36. The molecular formula is C27H25Cl2NO4. The maximum Gasteiger partial charge on any atom is 0.323 e. The van der Waals surface area contributed by atoms with Crippen LogP contribution in [0.1, 0.15) is 40.4 Å². The molecule has 3 aromatic rings. The Balaban J connectivity index is 1.52. The number of benzene rings is 3. The van der Waals surface area contributed by atoms with E-state index in [1.54, 1.807) is 30.3 Å². The molecule has 0 bridgehead atoms. The molecule has 1 aliphatic rings. The van der Waals surface area contributed by atoms with Gasteiger partial charge < -0.3 is 14.7 Å². The zero-order valence-electron chi connectivity index (χ0n) is 18.8. The van der Waals surface area contributed by atoms with Gasteiger partial charge in [0.2, 0.25) is 0 Å². The Morgan fingerprint density at radius 2 is 1.68 bits per heavy atom. The quantitative estimate of drug-likeness (QED) is 0.431. The zero-order chi connectivity index (χ0) is 24.3. The highest BCUT2D eigenvalue weighted by atomic mass is 35.5. The number of ether oxygens (including phenoxy) is 1. The first-order valence-electron chi connectivity index (χ1n) is 11.0. The van der Waals surface area contributed by atoms with Crippen LogP contribution < -0.4 is 4.74 Å². The van der Waals surface area contributed by atoms with Crippen LogP contribution in [0, 0.1) is 0 Å². The van der Waals surface area contributed by atoms with Gasteiger partial charge in [-0.3, -0.25) is 9.59 Å². The van der Waals surface area contributed by atoms with Gasteiger partial charge >= 0.3 is 5.97 Å². The van der Waals surface area contributed by atoms with E-state index in [1.165, 1.54) is 4.90 Å². The largest absolute Gasteiger partial charge is 0.487 e.